The monoisotopic (exact) mass is 364 g/mol. The van der Waals surface area contributed by atoms with Crippen LogP contribution in [-0.2, 0) is 4.79 Å². The molecular weight excluding hydrogens is 348 g/mol. The van der Waals surface area contributed by atoms with E-state index in [9.17, 15) is 4.79 Å². The molecule has 1 N–H and O–H groups in total. The topological polar surface area (TPSA) is 32.3 Å². The first-order chi connectivity index (χ1) is 10.2. The van der Waals surface area contributed by atoms with E-state index in [1.54, 1.807) is 11.3 Å². The molecule has 1 atom stereocenters. The zero-order chi connectivity index (χ0) is 14.7. The maximum atomic E-state index is 12.3. The van der Waals surface area contributed by atoms with Crippen LogP contribution in [0, 0.1) is 0 Å². The number of anilines is 1. The molecule has 0 aliphatic carbocycles. The number of carbonyl (C=O) groups excluding carboxylic acids is 1. The Bertz CT molecular complexity index is 614. The molecule has 21 heavy (non-hydrogen) atoms. The highest BCUT2D eigenvalue weighted by Gasteiger charge is 2.27. The van der Waals surface area contributed by atoms with E-state index in [1.807, 2.05) is 24.3 Å². The fourth-order valence-corrected chi connectivity index (χ4v) is 3.89. The maximum Gasteiger partial charge on any atom is 0.238 e. The molecule has 1 saturated heterocycles. The summed E-state index contributed by atoms with van der Waals surface area (Å²) in [5.74, 6) is 0.0454. The van der Waals surface area contributed by atoms with Crippen molar-refractivity contribution in [3.63, 3.8) is 0 Å². The molecule has 3 nitrogen and oxygen atoms in total. The van der Waals surface area contributed by atoms with E-state index in [2.05, 4.69) is 43.0 Å². The van der Waals surface area contributed by atoms with Crippen LogP contribution in [0.5, 0.6) is 0 Å². The van der Waals surface area contributed by atoms with Gasteiger partial charge in [-0.3, -0.25) is 9.69 Å². The van der Waals surface area contributed by atoms with Crippen LogP contribution < -0.4 is 5.32 Å². The van der Waals surface area contributed by atoms with Gasteiger partial charge in [-0.1, -0.05) is 12.1 Å². The van der Waals surface area contributed by atoms with Gasteiger partial charge in [-0.2, -0.15) is 11.3 Å². The molecule has 1 aromatic carbocycles. The molecule has 1 aromatic heterocycles. The van der Waals surface area contributed by atoms with Crippen molar-refractivity contribution in [2.45, 2.75) is 18.9 Å². The summed E-state index contributed by atoms with van der Waals surface area (Å²) in [7, 11) is 0. The number of nitrogens with zero attached hydrogens (tertiary/aromatic N) is 1. The first-order valence-electron chi connectivity index (χ1n) is 7.04. The van der Waals surface area contributed by atoms with Gasteiger partial charge in [0, 0.05) is 10.5 Å². The van der Waals surface area contributed by atoms with Gasteiger partial charge in [0.15, 0.2) is 0 Å². The third kappa shape index (κ3) is 3.54. The number of carbonyl (C=O) groups is 1. The second kappa shape index (κ2) is 6.73. The summed E-state index contributed by atoms with van der Waals surface area (Å²) in [6, 6.07) is 10.2. The number of thiophene rings is 1. The second-order valence-corrected chi connectivity index (χ2v) is 6.85. The number of benzene rings is 1. The van der Waals surface area contributed by atoms with Crippen LogP contribution in [0.15, 0.2) is 45.6 Å². The summed E-state index contributed by atoms with van der Waals surface area (Å²) >= 11 is 5.17. The summed E-state index contributed by atoms with van der Waals surface area (Å²) in [6.07, 6.45) is 2.29. The highest BCUT2D eigenvalue weighted by Crippen LogP contribution is 2.32. The first kappa shape index (κ1) is 14.8. The van der Waals surface area contributed by atoms with E-state index in [1.165, 1.54) is 5.56 Å². The fraction of sp³-hybridized carbons (Fsp3) is 0.312. The van der Waals surface area contributed by atoms with Crippen molar-refractivity contribution in [1.82, 2.24) is 4.90 Å². The van der Waals surface area contributed by atoms with Crippen molar-refractivity contribution >= 4 is 38.9 Å². The highest BCUT2D eigenvalue weighted by molar-refractivity contribution is 9.10. The Morgan fingerprint density at radius 1 is 1.38 bits per heavy atom. The zero-order valence-corrected chi connectivity index (χ0v) is 14.0. The number of halogens is 1. The Morgan fingerprint density at radius 2 is 2.24 bits per heavy atom. The van der Waals surface area contributed by atoms with Crippen molar-refractivity contribution in [3.8, 4) is 0 Å². The number of para-hydroxylation sites is 1. The van der Waals surface area contributed by atoms with Crippen LogP contribution in [-0.4, -0.2) is 23.9 Å². The summed E-state index contributed by atoms with van der Waals surface area (Å²) in [4.78, 5) is 14.5. The Labute approximate surface area is 137 Å². The Balaban J connectivity index is 1.63. The lowest BCUT2D eigenvalue weighted by atomic mass is 10.1. The van der Waals surface area contributed by atoms with Crippen LogP contribution in [0.2, 0.25) is 0 Å². The van der Waals surface area contributed by atoms with E-state index < -0.39 is 0 Å². The smallest absolute Gasteiger partial charge is 0.238 e. The SMILES string of the molecule is O=C(CN1CCCC1c1ccsc1)Nc1ccccc1Br. The van der Waals surface area contributed by atoms with Crippen molar-refractivity contribution in [3.05, 3.63) is 51.1 Å². The number of rotatable bonds is 4. The average Bonchev–Trinajstić information content (AvgIpc) is 3.11. The van der Waals surface area contributed by atoms with Crippen LogP contribution in [0.1, 0.15) is 24.4 Å². The minimum Gasteiger partial charge on any atom is -0.324 e. The molecule has 2 aromatic rings. The van der Waals surface area contributed by atoms with Crippen molar-refractivity contribution in [2.24, 2.45) is 0 Å². The van der Waals surface area contributed by atoms with Crippen molar-refractivity contribution in [2.75, 3.05) is 18.4 Å². The molecule has 1 amide bonds. The quantitative estimate of drug-likeness (QED) is 0.877. The van der Waals surface area contributed by atoms with Gasteiger partial charge < -0.3 is 5.32 Å². The number of hydrogen-bond donors (Lipinski definition) is 1. The normalized spacial score (nSPS) is 18.8. The van der Waals surface area contributed by atoms with E-state index >= 15 is 0 Å². The lowest BCUT2D eigenvalue weighted by Gasteiger charge is -2.23. The molecule has 110 valence electrons. The predicted molar refractivity (Wildman–Crippen MR) is 90.6 cm³/mol. The molecular formula is C16H17BrN2OS. The second-order valence-electron chi connectivity index (χ2n) is 5.21. The van der Waals surface area contributed by atoms with Crippen LogP contribution in [0.25, 0.3) is 0 Å². The minimum absolute atomic E-state index is 0.0454. The van der Waals surface area contributed by atoms with Crippen molar-refractivity contribution < 1.29 is 4.79 Å². The maximum absolute atomic E-state index is 12.3. The molecule has 0 bridgehead atoms. The summed E-state index contributed by atoms with van der Waals surface area (Å²) in [6.45, 7) is 1.44. The Hall–Kier alpha value is -1.17. The molecule has 0 radical (unpaired) electrons. The third-order valence-electron chi connectivity index (χ3n) is 3.79. The van der Waals surface area contributed by atoms with Crippen LogP contribution in [0.4, 0.5) is 5.69 Å². The first-order valence-corrected chi connectivity index (χ1v) is 8.78. The van der Waals surface area contributed by atoms with Crippen LogP contribution >= 0.6 is 27.3 Å². The number of nitrogens with one attached hydrogen (secondary N) is 1. The molecule has 2 heterocycles. The number of likely N-dealkylation sites (tertiary alicyclic amines) is 1. The molecule has 3 rings (SSSR count). The lowest BCUT2D eigenvalue weighted by Crippen LogP contribution is -2.32. The largest absolute Gasteiger partial charge is 0.324 e. The lowest BCUT2D eigenvalue weighted by molar-refractivity contribution is -0.117. The molecule has 1 aliphatic rings. The molecule has 0 saturated carbocycles. The number of hydrogen-bond acceptors (Lipinski definition) is 3. The van der Waals surface area contributed by atoms with E-state index in [-0.39, 0.29) is 5.91 Å². The summed E-state index contributed by atoms with van der Waals surface area (Å²) in [5.41, 5.74) is 2.17. The number of amides is 1. The van der Waals surface area contributed by atoms with Gasteiger partial charge in [-0.15, -0.1) is 0 Å². The predicted octanol–water partition coefficient (Wildman–Crippen LogP) is 4.29. The van der Waals surface area contributed by atoms with E-state index in [0.717, 1.165) is 29.5 Å². The van der Waals surface area contributed by atoms with E-state index in [4.69, 9.17) is 0 Å². The molecule has 1 aliphatic heterocycles. The van der Waals surface area contributed by atoms with Gasteiger partial charge in [0.25, 0.3) is 0 Å². The molecule has 0 spiro atoms. The zero-order valence-electron chi connectivity index (χ0n) is 11.6. The van der Waals surface area contributed by atoms with Gasteiger partial charge in [-0.25, -0.2) is 0 Å². The molecule has 1 fully saturated rings. The Kier molecular flexibility index (Phi) is 4.73. The van der Waals surface area contributed by atoms with Gasteiger partial charge in [0.2, 0.25) is 5.91 Å². The van der Waals surface area contributed by atoms with E-state index in [0.29, 0.717) is 12.6 Å². The van der Waals surface area contributed by atoms with Gasteiger partial charge in [-0.05, 0) is 69.8 Å². The highest BCUT2D eigenvalue weighted by atomic mass is 79.9. The standard InChI is InChI=1S/C16H17BrN2OS/c17-13-4-1-2-5-14(13)18-16(20)10-19-8-3-6-15(19)12-7-9-21-11-12/h1-2,4-5,7,9,11,15H,3,6,8,10H2,(H,18,20). The average molecular weight is 365 g/mol. The van der Waals surface area contributed by atoms with Gasteiger partial charge in [0.05, 0.1) is 12.2 Å². The molecule has 5 heteroatoms. The van der Waals surface area contributed by atoms with Gasteiger partial charge in [0.1, 0.15) is 0 Å². The van der Waals surface area contributed by atoms with Crippen LogP contribution in [0.3, 0.4) is 0 Å². The summed E-state index contributed by atoms with van der Waals surface area (Å²) in [5, 5.41) is 7.27. The molecule has 1 unspecified atom stereocenters. The van der Waals surface area contributed by atoms with Crippen molar-refractivity contribution in [1.29, 1.82) is 0 Å². The van der Waals surface area contributed by atoms with Gasteiger partial charge >= 0.3 is 0 Å². The third-order valence-corrected chi connectivity index (χ3v) is 5.18. The Morgan fingerprint density at radius 3 is 3.00 bits per heavy atom. The minimum atomic E-state index is 0.0454. The summed E-state index contributed by atoms with van der Waals surface area (Å²) < 4.78 is 0.911. The fourth-order valence-electron chi connectivity index (χ4n) is 2.79.